The molecule has 9 nitrogen and oxygen atoms in total. The number of likely N-dealkylation sites (tertiary alicyclic amines) is 1. The second-order valence-electron chi connectivity index (χ2n) is 5.47. The summed E-state index contributed by atoms with van der Waals surface area (Å²) in [4.78, 5) is 14.2. The first kappa shape index (κ1) is 15.9. The van der Waals surface area contributed by atoms with Crippen molar-refractivity contribution in [3.05, 3.63) is 30.3 Å². The lowest BCUT2D eigenvalue weighted by atomic mass is 10.1. The molecule has 2 N–H and O–H groups in total. The largest absolute Gasteiger partial charge is 0.490 e. The van der Waals surface area contributed by atoms with Crippen molar-refractivity contribution in [3.8, 4) is 5.75 Å². The smallest absolute Gasteiger partial charge is 0.283 e. The first-order valence-corrected chi connectivity index (χ1v) is 7.77. The number of tetrazole rings is 1. The van der Waals surface area contributed by atoms with Crippen molar-refractivity contribution in [1.82, 2.24) is 25.5 Å². The van der Waals surface area contributed by atoms with E-state index >= 15 is 0 Å². The Kier molecular flexibility index (Phi) is 4.99. The summed E-state index contributed by atoms with van der Waals surface area (Å²) in [6.07, 6.45) is 1.73. The molecule has 1 amide bonds. The number of aromatic amines is 1. The Morgan fingerprint density at radius 3 is 2.75 bits per heavy atom. The maximum atomic E-state index is 12.4. The number of hydrogen-bond donors (Lipinski definition) is 2. The number of benzene rings is 1. The fraction of sp³-hybridized carbons (Fsp3) is 0.400. The number of hydrogen-bond acceptors (Lipinski definition) is 7. The van der Waals surface area contributed by atoms with Crippen LogP contribution in [0, 0.1) is 0 Å². The highest BCUT2D eigenvalue weighted by Crippen LogP contribution is 2.18. The van der Waals surface area contributed by atoms with Crippen molar-refractivity contribution in [3.63, 3.8) is 0 Å². The van der Waals surface area contributed by atoms with E-state index < -0.39 is 0 Å². The van der Waals surface area contributed by atoms with Gasteiger partial charge in [-0.05, 0) is 24.3 Å². The van der Waals surface area contributed by atoms with Crippen molar-refractivity contribution in [2.24, 2.45) is 5.10 Å². The Balaban J connectivity index is 1.48. The number of amides is 1. The molecule has 1 aliphatic rings. The Morgan fingerprint density at radius 2 is 2.08 bits per heavy atom. The minimum Gasteiger partial charge on any atom is -0.490 e. The van der Waals surface area contributed by atoms with Gasteiger partial charge in [0.15, 0.2) is 0 Å². The number of para-hydroxylation sites is 1. The zero-order valence-electron chi connectivity index (χ0n) is 13.3. The van der Waals surface area contributed by atoms with Gasteiger partial charge in [-0.2, -0.15) is 10.3 Å². The van der Waals surface area contributed by atoms with E-state index in [1.165, 1.54) is 0 Å². The van der Waals surface area contributed by atoms with Gasteiger partial charge in [-0.15, -0.1) is 5.10 Å². The average molecular weight is 329 g/mol. The van der Waals surface area contributed by atoms with Crippen LogP contribution >= 0.6 is 0 Å². The van der Waals surface area contributed by atoms with Crippen molar-refractivity contribution < 1.29 is 9.53 Å². The quantitative estimate of drug-likeness (QED) is 0.627. The summed E-state index contributed by atoms with van der Waals surface area (Å²) in [7, 11) is 0. The van der Waals surface area contributed by atoms with E-state index in [-0.39, 0.29) is 18.0 Å². The van der Waals surface area contributed by atoms with E-state index in [4.69, 9.17) is 4.74 Å². The van der Waals surface area contributed by atoms with Gasteiger partial charge in [-0.3, -0.25) is 4.79 Å². The second kappa shape index (κ2) is 7.53. The van der Waals surface area contributed by atoms with Gasteiger partial charge in [0.05, 0.1) is 0 Å². The number of ether oxygens (including phenoxy) is 1. The molecule has 1 aliphatic heterocycles. The zero-order valence-corrected chi connectivity index (χ0v) is 13.3. The SMILES string of the molecule is C/C(=N\Nc1nn[nH]n1)C(=O)N1CCC(Oc2ccccc2)CC1. The molecule has 1 fully saturated rings. The van der Waals surface area contributed by atoms with Crippen LogP contribution in [0.2, 0.25) is 0 Å². The topological polar surface area (TPSA) is 108 Å². The summed E-state index contributed by atoms with van der Waals surface area (Å²) in [6, 6.07) is 9.74. The number of nitrogens with one attached hydrogen (secondary N) is 2. The summed E-state index contributed by atoms with van der Waals surface area (Å²) in [5, 5.41) is 17.1. The third-order valence-electron chi connectivity index (χ3n) is 3.75. The Morgan fingerprint density at radius 1 is 1.33 bits per heavy atom. The highest BCUT2D eigenvalue weighted by Gasteiger charge is 2.25. The van der Waals surface area contributed by atoms with Crippen LogP contribution in [-0.2, 0) is 4.79 Å². The van der Waals surface area contributed by atoms with E-state index in [1.54, 1.807) is 11.8 Å². The van der Waals surface area contributed by atoms with E-state index in [9.17, 15) is 4.79 Å². The third-order valence-corrected chi connectivity index (χ3v) is 3.75. The van der Waals surface area contributed by atoms with Gasteiger partial charge in [0.25, 0.3) is 11.9 Å². The normalized spacial score (nSPS) is 16.0. The number of H-pyrrole nitrogens is 1. The van der Waals surface area contributed by atoms with Crippen LogP contribution in [0.15, 0.2) is 35.4 Å². The predicted octanol–water partition coefficient (Wildman–Crippen LogP) is 1.06. The molecule has 3 rings (SSSR count). The Labute approximate surface area is 139 Å². The zero-order chi connectivity index (χ0) is 16.8. The molecule has 0 radical (unpaired) electrons. The second-order valence-corrected chi connectivity index (χ2v) is 5.47. The number of anilines is 1. The van der Waals surface area contributed by atoms with Crippen molar-refractivity contribution in [1.29, 1.82) is 0 Å². The van der Waals surface area contributed by atoms with Gasteiger partial charge in [0.1, 0.15) is 17.6 Å². The fourth-order valence-electron chi connectivity index (χ4n) is 2.49. The summed E-state index contributed by atoms with van der Waals surface area (Å²) >= 11 is 0. The number of aromatic nitrogens is 4. The average Bonchev–Trinajstić information content (AvgIpc) is 3.14. The van der Waals surface area contributed by atoms with E-state index in [0.717, 1.165) is 18.6 Å². The molecule has 0 spiro atoms. The number of carbonyl (C=O) groups excluding carboxylic acids is 1. The monoisotopic (exact) mass is 329 g/mol. The molecule has 126 valence electrons. The highest BCUT2D eigenvalue weighted by molar-refractivity contribution is 6.37. The minimum absolute atomic E-state index is 0.107. The minimum atomic E-state index is -0.107. The molecular weight excluding hydrogens is 310 g/mol. The van der Waals surface area contributed by atoms with Crippen LogP contribution in [0.3, 0.4) is 0 Å². The number of hydrazone groups is 1. The summed E-state index contributed by atoms with van der Waals surface area (Å²) in [5.74, 6) is 0.977. The maximum absolute atomic E-state index is 12.4. The van der Waals surface area contributed by atoms with Crippen LogP contribution < -0.4 is 10.2 Å². The third kappa shape index (κ3) is 4.06. The molecule has 1 aromatic heterocycles. The van der Waals surface area contributed by atoms with E-state index in [2.05, 4.69) is 31.2 Å². The summed E-state index contributed by atoms with van der Waals surface area (Å²) < 4.78 is 5.93. The standard InChI is InChI=1S/C15H19N7O2/c1-11(16-17-15-18-20-21-19-15)14(23)22-9-7-13(8-10-22)24-12-5-3-2-4-6-12/h2-6,13H,7-10H2,1H3,(H2,17,18,19,20,21)/b16-11+. The van der Waals surface area contributed by atoms with Crippen molar-refractivity contribution in [2.75, 3.05) is 18.5 Å². The molecule has 9 heteroatoms. The lowest BCUT2D eigenvalue weighted by molar-refractivity contribution is -0.125. The highest BCUT2D eigenvalue weighted by atomic mass is 16.5. The molecule has 0 aliphatic carbocycles. The maximum Gasteiger partial charge on any atom is 0.283 e. The van der Waals surface area contributed by atoms with Crippen LogP contribution in [0.4, 0.5) is 5.95 Å². The molecule has 0 saturated carbocycles. The lowest BCUT2D eigenvalue weighted by Gasteiger charge is -2.32. The van der Waals surface area contributed by atoms with E-state index in [1.807, 2.05) is 30.3 Å². The molecule has 0 atom stereocenters. The van der Waals surface area contributed by atoms with Gasteiger partial charge in [0, 0.05) is 25.9 Å². The van der Waals surface area contributed by atoms with Gasteiger partial charge < -0.3 is 9.64 Å². The number of nitrogens with zero attached hydrogens (tertiary/aromatic N) is 5. The van der Waals surface area contributed by atoms with Crippen LogP contribution in [0.1, 0.15) is 19.8 Å². The van der Waals surface area contributed by atoms with Gasteiger partial charge in [-0.25, -0.2) is 5.43 Å². The van der Waals surface area contributed by atoms with Crippen LogP contribution in [-0.4, -0.2) is 56.3 Å². The first-order valence-electron chi connectivity index (χ1n) is 7.77. The number of carbonyl (C=O) groups is 1. The molecule has 0 unspecified atom stereocenters. The number of rotatable bonds is 5. The summed E-state index contributed by atoms with van der Waals surface area (Å²) in [5.41, 5.74) is 2.93. The van der Waals surface area contributed by atoms with Gasteiger partial charge >= 0.3 is 0 Å². The van der Waals surface area contributed by atoms with Gasteiger partial charge in [-0.1, -0.05) is 23.3 Å². The molecule has 24 heavy (non-hydrogen) atoms. The Bertz CT molecular complexity index is 679. The molecule has 2 aromatic rings. The molecule has 2 heterocycles. The fourth-order valence-corrected chi connectivity index (χ4v) is 2.49. The van der Waals surface area contributed by atoms with Crippen LogP contribution in [0.5, 0.6) is 5.75 Å². The van der Waals surface area contributed by atoms with E-state index in [0.29, 0.717) is 18.8 Å². The van der Waals surface area contributed by atoms with Gasteiger partial charge in [0.2, 0.25) is 0 Å². The van der Waals surface area contributed by atoms with Crippen molar-refractivity contribution >= 4 is 17.6 Å². The van der Waals surface area contributed by atoms with Crippen molar-refractivity contribution in [2.45, 2.75) is 25.9 Å². The molecule has 1 aromatic carbocycles. The lowest BCUT2D eigenvalue weighted by Crippen LogP contribution is -2.44. The molecule has 1 saturated heterocycles. The number of piperidine rings is 1. The van der Waals surface area contributed by atoms with Crippen LogP contribution in [0.25, 0.3) is 0 Å². The Hall–Kier alpha value is -2.97. The molecule has 0 bridgehead atoms. The first-order chi connectivity index (χ1) is 11.7. The molecular formula is C15H19N7O2. The predicted molar refractivity (Wildman–Crippen MR) is 87.6 cm³/mol. The summed E-state index contributed by atoms with van der Waals surface area (Å²) in [6.45, 7) is 2.94.